The summed E-state index contributed by atoms with van der Waals surface area (Å²) in [6.45, 7) is 1.84. The molecule has 6 heteroatoms. The summed E-state index contributed by atoms with van der Waals surface area (Å²) in [6.07, 6.45) is 1.02. The molecule has 0 spiro atoms. The molecule has 0 aliphatic rings. The summed E-state index contributed by atoms with van der Waals surface area (Å²) in [6, 6.07) is 0. The Bertz CT molecular complexity index is 89.0. The minimum atomic E-state index is -1.93. The molecule has 0 amide bonds. The number of halogens is 1. The summed E-state index contributed by atoms with van der Waals surface area (Å²) in [4.78, 5) is 9.60. The van der Waals surface area contributed by atoms with Gasteiger partial charge in [-0.15, -0.1) is 24.0 Å². The molecule has 0 aromatic rings. The number of carbonyl (C=O) groups is 1. The van der Waals surface area contributed by atoms with Crippen LogP contribution in [0, 0.1) is 0 Å². The van der Waals surface area contributed by atoms with Crippen molar-refractivity contribution in [1.29, 1.82) is 0 Å². The molecule has 0 fully saturated rings. The van der Waals surface area contributed by atoms with E-state index in [-0.39, 0.29) is 24.0 Å². The predicted molar refractivity (Wildman–Crippen MR) is 55.0 cm³/mol. The fourth-order valence-electron chi connectivity index (χ4n) is 0.214. The van der Waals surface area contributed by atoms with E-state index in [0.29, 0.717) is 6.42 Å². The summed E-state index contributed by atoms with van der Waals surface area (Å²) in [5.41, 5.74) is 1.79. The second kappa shape index (κ2) is 13.7. The van der Waals surface area contributed by atoms with Crippen LogP contribution in [0.15, 0.2) is 0 Å². The molecule has 2 N–H and O–H groups in total. The van der Waals surface area contributed by atoms with Gasteiger partial charge in [-0.3, -0.25) is 4.79 Å². The van der Waals surface area contributed by atoms with Gasteiger partial charge in [0, 0.05) is 6.42 Å². The van der Waals surface area contributed by atoms with Crippen molar-refractivity contribution in [3.05, 3.63) is 0 Å². The molecule has 11 heavy (non-hydrogen) atoms. The Morgan fingerprint density at radius 3 is 1.91 bits per heavy atom. The Labute approximate surface area is 94.2 Å². The van der Waals surface area contributed by atoms with Gasteiger partial charge in [-0.05, 0) is 6.42 Å². The molecule has 3 nitrogen and oxygen atoms in total. The van der Waals surface area contributed by atoms with E-state index in [2.05, 4.69) is 10.6 Å². The number of thiol groups is 1. The summed E-state index contributed by atoms with van der Waals surface area (Å²) in [7, 11) is 3.73. The summed E-state index contributed by atoms with van der Waals surface area (Å²) < 4.78 is 8.13. The van der Waals surface area contributed by atoms with E-state index in [0.717, 1.165) is 6.42 Å². The first-order chi connectivity index (χ1) is 4.50. The summed E-state index contributed by atoms with van der Waals surface area (Å²) in [5.74, 6) is -0.711. The van der Waals surface area contributed by atoms with Gasteiger partial charge in [0.1, 0.15) is 0 Å². The summed E-state index contributed by atoms with van der Waals surface area (Å²) in [5, 5.41) is 7.91. The first-order valence-corrected chi connectivity index (χ1v) is 12.2. The van der Waals surface area contributed by atoms with Crippen LogP contribution in [-0.4, -0.2) is 15.0 Å². The molecule has 0 saturated heterocycles. The van der Waals surface area contributed by atoms with Crippen LogP contribution in [-0.2, 0) is 19.9 Å². The molecule has 0 aliphatic heterocycles. The topological polar surface area (TPSA) is 57.5 Å². The minimum absolute atomic E-state index is 0. The molecule has 0 aromatic heterocycles. The fraction of sp³-hybridized carbons (Fsp3) is 0.800. The predicted octanol–water partition coefficient (Wildman–Crippen LogP) is 1.89. The zero-order valence-corrected chi connectivity index (χ0v) is 13.0. The standard InChI is InChI=1S/C4H8O2.CH3.HI.H2O.H2S.Zn/c1-2-3-4(5)6;;;;;/h2-3H2,1H3,(H,5,6);1H3;1H;2*1H2;/q;;;;;+2/p-2. The Morgan fingerprint density at radius 1 is 1.64 bits per heavy atom. The van der Waals surface area contributed by atoms with E-state index in [1.54, 1.807) is 5.52 Å². The van der Waals surface area contributed by atoms with E-state index in [4.69, 9.17) is 9.04 Å². The summed E-state index contributed by atoms with van der Waals surface area (Å²) >= 11 is -1.93. The molecule has 0 saturated carbocycles. The zero-order chi connectivity index (χ0) is 8.57. The van der Waals surface area contributed by atoms with E-state index in [1.165, 1.54) is 0 Å². The van der Waals surface area contributed by atoms with E-state index in [1.807, 2.05) is 6.92 Å². The normalized spacial score (nSPS) is 6.91. The van der Waals surface area contributed by atoms with Crippen LogP contribution >= 0.6 is 34.6 Å². The third-order valence-corrected chi connectivity index (χ3v) is 0.464. The van der Waals surface area contributed by atoms with Gasteiger partial charge < -0.3 is 5.11 Å². The molecule has 0 aromatic carbocycles. The average molecular weight is 347 g/mol. The molecule has 0 atom stereocenters. The van der Waals surface area contributed by atoms with Gasteiger partial charge in [0.2, 0.25) is 0 Å². The van der Waals surface area contributed by atoms with Gasteiger partial charge in [-0.2, -0.15) is 0 Å². The van der Waals surface area contributed by atoms with Crippen LogP contribution < -0.4 is 0 Å². The maximum absolute atomic E-state index is 9.60. The maximum atomic E-state index is 9.60. The Hall–Kier alpha value is 1.13. The molecule has 0 bridgehead atoms. The first kappa shape index (κ1) is 18.0. The number of carboxylic acid groups (broad SMARTS) is 1. The molecule has 67 valence electrons. The number of hydrogen-bond acceptors (Lipinski definition) is 3. The van der Waals surface area contributed by atoms with Gasteiger partial charge in [0.15, 0.2) is 0 Å². The molecular formula is C5H14IO3SZn. The van der Waals surface area contributed by atoms with Crippen LogP contribution in [0.25, 0.3) is 0 Å². The van der Waals surface area contributed by atoms with Crippen LogP contribution in [0.3, 0.4) is 0 Å². The van der Waals surface area contributed by atoms with Crippen LogP contribution in [0.4, 0.5) is 0 Å². The van der Waals surface area contributed by atoms with Crippen molar-refractivity contribution in [1.82, 2.24) is 0 Å². The Kier molecular flexibility index (Phi) is 22.5. The molecule has 0 unspecified atom stereocenters. The van der Waals surface area contributed by atoms with Crippen molar-refractivity contribution in [3.63, 3.8) is 0 Å². The molecule has 0 heterocycles. The number of rotatable bonds is 2. The quantitative estimate of drug-likeness (QED) is 0.407. The van der Waals surface area contributed by atoms with Crippen molar-refractivity contribution < 1.29 is 28.9 Å². The average Bonchev–Trinajstić information content (AvgIpc) is 1.62. The molecular weight excluding hydrogens is 332 g/mol. The van der Waals surface area contributed by atoms with Crippen LogP contribution in [0.1, 0.15) is 19.8 Å². The first-order valence-electron chi connectivity index (χ1n) is 3.33. The van der Waals surface area contributed by atoms with Gasteiger partial charge in [0.25, 0.3) is 0 Å². The molecule has 0 aliphatic carbocycles. The third kappa shape index (κ3) is 54.4. The number of aliphatic carboxylic acids is 1. The van der Waals surface area contributed by atoms with Crippen molar-refractivity contribution >= 4 is 40.6 Å². The van der Waals surface area contributed by atoms with Gasteiger partial charge in [-0.1, -0.05) is 6.92 Å². The fourth-order valence-corrected chi connectivity index (χ4v) is 0.214. The van der Waals surface area contributed by atoms with Crippen molar-refractivity contribution in [2.45, 2.75) is 25.3 Å². The zero-order valence-electron chi connectivity index (χ0n) is 6.78. The monoisotopic (exact) mass is 345 g/mol. The van der Waals surface area contributed by atoms with Gasteiger partial charge >= 0.3 is 41.1 Å². The second-order valence-electron chi connectivity index (χ2n) is 1.92. The van der Waals surface area contributed by atoms with Crippen molar-refractivity contribution in [2.24, 2.45) is 0 Å². The van der Waals surface area contributed by atoms with Crippen LogP contribution in [0.5, 0.6) is 0 Å². The van der Waals surface area contributed by atoms with Crippen molar-refractivity contribution in [3.8, 4) is 0 Å². The Balaban J connectivity index is -0.000000114. The Morgan fingerprint density at radius 2 is 1.91 bits per heavy atom. The van der Waals surface area contributed by atoms with E-state index in [9.17, 15) is 4.79 Å². The number of hydrogen-bond donors (Lipinski definition) is 3. The van der Waals surface area contributed by atoms with Gasteiger partial charge in [0.05, 0.1) is 0 Å². The van der Waals surface area contributed by atoms with E-state index >= 15 is 0 Å². The van der Waals surface area contributed by atoms with Crippen molar-refractivity contribution in [2.75, 3.05) is 0 Å². The SMILES string of the molecule is CCCC(=O)O.I.[CH3][Zn]([OH])[SH]. The second-order valence-corrected chi connectivity index (χ2v) is 9.92. The van der Waals surface area contributed by atoms with Crippen LogP contribution in [0.2, 0.25) is 5.52 Å². The number of carboxylic acids is 1. The third-order valence-electron chi connectivity index (χ3n) is 0.464. The van der Waals surface area contributed by atoms with Gasteiger partial charge in [-0.25, -0.2) is 0 Å². The molecule has 0 rings (SSSR count). The molecule has 0 radical (unpaired) electrons. The van der Waals surface area contributed by atoms with E-state index < -0.39 is 21.1 Å².